The topological polar surface area (TPSA) is 55.1 Å². The van der Waals surface area contributed by atoms with E-state index in [0.29, 0.717) is 0 Å². The van der Waals surface area contributed by atoms with Gasteiger partial charge in [0.2, 0.25) is 0 Å². The van der Waals surface area contributed by atoms with Crippen LogP contribution in [0.25, 0.3) is 0 Å². The van der Waals surface area contributed by atoms with Gasteiger partial charge in [-0.2, -0.15) is 13.2 Å². The zero-order chi connectivity index (χ0) is 14.8. The van der Waals surface area contributed by atoms with Crippen LogP contribution in [0.15, 0.2) is 18.2 Å². The monoisotopic (exact) mass is 286 g/mol. The molecule has 20 heavy (non-hydrogen) atoms. The third kappa shape index (κ3) is 3.50. The fourth-order valence-electron chi connectivity index (χ4n) is 2.41. The molecular formula is C14H17F3N2O. The van der Waals surface area contributed by atoms with E-state index in [4.69, 9.17) is 5.73 Å². The van der Waals surface area contributed by atoms with Gasteiger partial charge in [0.1, 0.15) is 0 Å². The van der Waals surface area contributed by atoms with Gasteiger partial charge in [-0.25, -0.2) is 0 Å². The van der Waals surface area contributed by atoms with Crippen molar-refractivity contribution in [3.63, 3.8) is 0 Å². The summed E-state index contributed by atoms with van der Waals surface area (Å²) in [5, 5.41) is 3.20. The molecule has 0 spiro atoms. The third-order valence-corrected chi connectivity index (χ3v) is 3.53. The first kappa shape index (κ1) is 14.8. The molecule has 6 heteroatoms. The molecule has 1 atom stereocenters. The zero-order valence-corrected chi connectivity index (χ0v) is 11.0. The molecule has 1 aromatic rings. The Hall–Kier alpha value is -1.56. The molecule has 3 nitrogen and oxygen atoms in total. The molecule has 1 unspecified atom stereocenters. The third-order valence-electron chi connectivity index (χ3n) is 3.53. The van der Waals surface area contributed by atoms with E-state index in [-0.39, 0.29) is 29.5 Å². The van der Waals surface area contributed by atoms with Crippen LogP contribution in [0.4, 0.5) is 18.9 Å². The smallest absolute Gasteiger partial charge is 0.398 e. The quantitative estimate of drug-likeness (QED) is 0.663. The number of alkyl halides is 3. The van der Waals surface area contributed by atoms with Crippen molar-refractivity contribution in [3.05, 3.63) is 29.3 Å². The van der Waals surface area contributed by atoms with Crippen LogP contribution in [0.5, 0.6) is 0 Å². The van der Waals surface area contributed by atoms with Crippen molar-refractivity contribution in [2.24, 2.45) is 0 Å². The Kier molecular flexibility index (Phi) is 4.32. The predicted molar refractivity (Wildman–Crippen MR) is 70.4 cm³/mol. The summed E-state index contributed by atoms with van der Waals surface area (Å²) in [7, 11) is 0. The molecule has 3 N–H and O–H groups in total. The molecule has 0 bridgehead atoms. The summed E-state index contributed by atoms with van der Waals surface area (Å²) in [6, 6.07) is 2.92. The molecule has 0 amide bonds. The Morgan fingerprint density at radius 3 is 2.70 bits per heavy atom. The first-order valence-corrected chi connectivity index (χ1v) is 6.61. The fourth-order valence-corrected chi connectivity index (χ4v) is 2.41. The molecule has 1 heterocycles. The van der Waals surface area contributed by atoms with Gasteiger partial charge in [0.25, 0.3) is 0 Å². The molecule has 0 aliphatic carbocycles. The summed E-state index contributed by atoms with van der Waals surface area (Å²) in [6.45, 7) is 0.843. The Morgan fingerprint density at radius 1 is 1.35 bits per heavy atom. The molecule has 2 rings (SSSR count). The summed E-state index contributed by atoms with van der Waals surface area (Å²) in [5.41, 5.74) is 4.85. The van der Waals surface area contributed by atoms with Crippen molar-refractivity contribution in [1.82, 2.24) is 5.32 Å². The molecule has 110 valence electrons. The van der Waals surface area contributed by atoms with Crippen LogP contribution in [-0.4, -0.2) is 18.4 Å². The van der Waals surface area contributed by atoms with Gasteiger partial charge in [0, 0.05) is 23.7 Å². The highest BCUT2D eigenvalue weighted by molar-refractivity contribution is 6.01. The van der Waals surface area contributed by atoms with Gasteiger partial charge in [-0.1, -0.05) is 6.42 Å². The van der Waals surface area contributed by atoms with Gasteiger partial charge in [-0.3, -0.25) is 4.79 Å². The number of nitrogens with two attached hydrogens (primary N) is 1. The number of rotatable bonds is 3. The summed E-state index contributed by atoms with van der Waals surface area (Å²) < 4.78 is 38.0. The summed E-state index contributed by atoms with van der Waals surface area (Å²) in [4.78, 5) is 12.1. The number of Topliss-reactive ketones (excluding diaryl/α,β-unsaturated/α-hetero) is 1. The molecule has 1 fully saturated rings. The largest absolute Gasteiger partial charge is 0.416 e. The molecule has 1 aromatic carbocycles. The summed E-state index contributed by atoms with van der Waals surface area (Å²) >= 11 is 0. The number of nitrogen functional groups attached to an aromatic ring is 1. The maximum atomic E-state index is 12.7. The van der Waals surface area contributed by atoms with Gasteiger partial charge >= 0.3 is 6.18 Å². The van der Waals surface area contributed by atoms with E-state index in [9.17, 15) is 18.0 Å². The van der Waals surface area contributed by atoms with Gasteiger partial charge in [-0.15, -0.1) is 0 Å². The number of nitrogens with one attached hydrogen (secondary N) is 1. The number of anilines is 1. The number of halogens is 3. The maximum absolute atomic E-state index is 12.7. The minimum Gasteiger partial charge on any atom is -0.398 e. The van der Waals surface area contributed by atoms with Crippen molar-refractivity contribution in [2.45, 2.75) is 37.9 Å². The van der Waals surface area contributed by atoms with Crippen LogP contribution in [0.1, 0.15) is 41.6 Å². The highest BCUT2D eigenvalue weighted by atomic mass is 19.4. The molecular weight excluding hydrogens is 269 g/mol. The molecule has 0 radical (unpaired) electrons. The lowest BCUT2D eigenvalue weighted by Crippen LogP contribution is -2.35. The van der Waals surface area contributed by atoms with E-state index in [0.717, 1.165) is 44.0 Å². The Labute approximate surface area is 115 Å². The second-order valence-corrected chi connectivity index (χ2v) is 5.07. The van der Waals surface area contributed by atoms with E-state index in [1.54, 1.807) is 0 Å². The highest BCUT2D eigenvalue weighted by Gasteiger charge is 2.31. The van der Waals surface area contributed by atoms with Crippen LogP contribution in [0.3, 0.4) is 0 Å². The van der Waals surface area contributed by atoms with Crippen LogP contribution in [-0.2, 0) is 6.18 Å². The average Bonchev–Trinajstić information content (AvgIpc) is 2.39. The van der Waals surface area contributed by atoms with Crippen molar-refractivity contribution in [2.75, 3.05) is 12.3 Å². The lowest BCUT2D eigenvalue weighted by Gasteiger charge is -2.23. The average molecular weight is 286 g/mol. The number of carbonyl (C=O) groups excluding carboxylic acids is 1. The van der Waals surface area contributed by atoms with Gasteiger partial charge in [0.05, 0.1) is 5.56 Å². The number of carbonyl (C=O) groups is 1. The molecule has 1 saturated heterocycles. The van der Waals surface area contributed by atoms with Crippen molar-refractivity contribution in [1.29, 1.82) is 0 Å². The first-order valence-electron chi connectivity index (χ1n) is 6.61. The minimum absolute atomic E-state index is 0.0326. The first-order chi connectivity index (χ1) is 9.38. The Balaban J connectivity index is 2.16. The predicted octanol–water partition coefficient (Wildman–Crippen LogP) is 3.00. The molecule has 1 aliphatic heterocycles. The SMILES string of the molecule is Nc1ccc(C(F)(F)F)cc1C(=O)CC1CCCCN1. The second-order valence-electron chi connectivity index (χ2n) is 5.07. The van der Waals surface area contributed by atoms with E-state index in [1.807, 2.05) is 0 Å². The van der Waals surface area contributed by atoms with E-state index < -0.39 is 11.7 Å². The summed E-state index contributed by atoms with van der Waals surface area (Å²) in [6.07, 6.45) is -1.32. The molecule has 1 aliphatic rings. The lowest BCUT2D eigenvalue weighted by molar-refractivity contribution is -0.137. The van der Waals surface area contributed by atoms with Crippen LogP contribution >= 0.6 is 0 Å². The Morgan fingerprint density at radius 2 is 2.10 bits per heavy atom. The zero-order valence-electron chi connectivity index (χ0n) is 11.0. The number of hydrogen-bond donors (Lipinski definition) is 2. The van der Waals surface area contributed by atoms with Crippen molar-refractivity contribution >= 4 is 11.5 Å². The number of piperidine rings is 1. The molecule has 0 saturated carbocycles. The number of benzene rings is 1. The lowest BCUT2D eigenvalue weighted by atomic mass is 9.95. The normalized spacial score (nSPS) is 19.9. The number of ketones is 1. The van der Waals surface area contributed by atoms with E-state index in [1.165, 1.54) is 0 Å². The van der Waals surface area contributed by atoms with Crippen LogP contribution < -0.4 is 11.1 Å². The van der Waals surface area contributed by atoms with Crippen molar-refractivity contribution < 1.29 is 18.0 Å². The Bertz CT molecular complexity index is 494. The maximum Gasteiger partial charge on any atom is 0.416 e. The number of hydrogen-bond acceptors (Lipinski definition) is 3. The summed E-state index contributed by atoms with van der Waals surface area (Å²) in [5.74, 6) is -0.340. The van der Waals surface area contributed by atoms with Crippen molar-refractivity contribution in [3.8, 4) is 0 Å². The van der Waals surface area contributed by atoms with E-state index >= 15 is 0 Å². The molecule has 0 aromatic heterocycles. The second kappa shape index (κ2) is 5.83. The van der Waals surface area contributed by atoms with Gasteiger partial charge < -0.3 is 11.1 Å². The fraction of sp³-hybridized carbons (Fsp3) is 0.500. The minimum atomic E-state index is -4.47. The van der Waals surface area contributed by atoms with Crippen LogP contribution in [0.2, 0.25) is 0 Å². The standard InChI is InChI=1S/C14H17F3N2O/c15-14(16,17)9-4-5-12(18)11(7-9)13(20)8-10-3-1-2-6-19-10/h4-5,7,10,19H,1-3,6,8,18H2. The van der Waals surface area contributed by atoms with Gasteiger partial charge in [-0.05, 0) is 37.6 Å². The van der Waals surface area contributed by atoms with Crippen LogP contribution in [0, 0.1) is 0 Å². The van der Waals surface area contributed by atoms with E-state index in [2.05, 4.69) is 5.32 Å². The highest BCUT2D eigenvalue weighted by Crippen LogP contribution is 2.31. The van der Waals surface area contributed by atoms with Gasteiger partial charge in [0.15, 0.2) is 5.78 Å².